The molecule has 2 N–H and O–H groups in total. The van der Waals surface area contributed by atoms with Crippen LogP contribution >= 0.6 is 0 Å². The summed E-state index contributed by atoms with van der Waals surface area (Å²) in [5.74, 6) is 1.05. The highest BCUT2D eigenvalue weighted by Gasteiger charge is 2.23. The summed E-state index contributed by atoms with van der Waals surface area (Å²) in [7, 11) is -3.16. The molecule has 2 rings (SSSR count). The topological polar surface area (TPSA) is 78.0 Å². The Kier molecular flexibility index (Phi) is 4.62. The van der Waals surface area contributed by atoms with Crippen LogP contribution in [0, 0.1) is 11.8 Å². The summed E-state index contributed by atoms with van der Waals surface area (Å²) < 4.78 is 24.6. The number of sulfone groups is 1. The van der Waals surface area contributed by atoms with Gasteiger partial charge in [0.15, 0.2) is 9.84 Å². The fourth-order valence-electron chi connectivity index (χ4n) is 2.90. The molecule has 1 atom stereocenters. The lowest BCUT2D eigenvalue weighted by Crippen LogP contribution is -2.29. The lowest BCUT2D eigenvalue weighted by atomic mass is 9.80. The van der Waals surface area contributed by atoms with E-state index in [4.69, 9.17) is 5.73 Å². The molecule has 5 nitrogen and oxygen atoms in total. The van der Waals surface area contributed by atoms with Crippen LogP contribution in [0.25, 0.3) is 0 Å². The second-order valence-electron chi connectivity index (χ2n) is 5.56. The van der Waals surface area contributed by atoms with Crippen LogP contribution in [-0.4, -0.2) is 31.0 Å². The average Bonchev–Trinajstić information content (AvgIpc) is 2.85. The van der Waals surface area contributed by atoms with Gasteiger partial charge in [0, 0.05) is 19.0 Å². The molecule has 0 aliphatic heterocycles. The summed E-state index contributed by atoms with van der Waals surface area (Å²) in [5.41, 5.74) is 5.88. The van der Waals surface area contributed by atoms with Crippen molar-refractivity contribution in [2.24, 2.45) is 17.6 Å². The minimum absolute atomic E-state index is 0.284. The molecular weight excluding hydrogens is 262 g/mol. The van der Waals surface area contributed by atoms with Crippen LogP contribution in [0.2, 0.25) is 0 Å². The molecule has 0 aromatic carbocycles. The van der Waals surface area contributed by atoms with Crippen LogP contribution in [-0.2, 0) is 16.4 Å². The Bertz CT molecular complexity index is 504. The van der Waals surface area contributed by atoms with Gasteiger partial charge in [-0.2, -0.15) is 5.10 Å². The zero-order valence-corrected chi connectivity index (χ0v) is 12.3. The number of nitrogens with two attached hydrogens (primary N) is 1. The minimum Gasteiger partial charge on any atom is -0.330 e. The van der Waals surface area contributed by atoms with Crippen LogP contribution in [0.5, 0.6) is 0 Å². The molecule has 1 aliphatic rings. The molecular formula is C13H23N3O2S. The van der Waals surface area contributed by atoms with Crippen LogP contribution in [0.3, 0.4) is 0 Å². The Hall–Kier alpha value is -0.880. The van der Waals surface area contributed by atoms with Crippen molar-refractivity contribution in [1.82, 2.24) is 9.78 Å². The first-order valence-corrected chi connectivity index (χ1v) is 8.82. The smallest absolute Gasteiger partial charge is 0.178 e. The van der Waals surface area contributed by atoms with E-state index in [0.717, 1.165) is 6.54 Å². The van der Waals surface area contributed by atoms with Gasteiger partial charge in [0.25, 0.3) is 0 Å². The van der Waals surface area contributed by atoms with E-state index in [9.17, 15) is 8.42 Å². The molecule has 1 fully saturated rings. The van der Waals surface area contributed by atoms with Crippen molar-refractivity contribution < 1.29 is 8.42 Å². The molecule has 19 heavy (non-hydrogen) atoms. The quantitative estimate of drug-likeness (QED) is 0.888. The summed E-state index contributed by atoms with van der Waals surface area (Å²) in [6, 6.07) is 0. The third-order valence-electron chi connectivity index (χ3n) is 4.08. The molecule has 1 aromatic heterocycles. The van der Waals surface area contributed by atoms with Gasteiger partial charge in [0.05, 0.1) is 6.20 Å². The van der Waals surface area contributed by atoms with Gasteiger partial charge in [-0.15, -0.1) is 0 Å². The van der Waals surface area contributed by atoms with Crippen molar-refractivity contribution in [3.63, 3.8) is 0 Å². The molecule has 1 heterocycles. The summed E-state index contributed by atoms with van der Waals surface area (Å²) in [4.78, 5) is 0.284. The van der Waals surface area contributed by atoms with E-state index in [0.29, 0.717) is 18.4 Å². The van der Waals surface area contributed by atoms with E-state index in [-0.39, 0.29) is 4.90 Å². The van der Waals surface area contributed by atoms with E-state index in [2.05, 4.69) is 5.10 Å². The third-order valence-corrected chi connectivity index (χ3v) is 5.15. The number of hydrogen-bond acceptors (Lipinski definition) is 4. The Morgan fingerprint density at radius 3 is 2.63 bits per heavy atom. The normalized spacial score (nSPS) is 19.5. The molecule has 1 aromatic rings. The predicted octanol–water partition coefficient (Wildman–Crippen LogP) is 1.44. The van der Waals surface area contributed by atoms with Crippen molar-refractivity contribution in [2.45, 2.75) is 43.5 Å². The lowest BCUT2D eigenvalue weighted by molar-refractivity contribution is 0.224. The second-order valence-corrected chi connectivity index (χ2v) is 7.58. The fourth-order valence-corrected chi connectivity index (χ4v) is 3.45. The van der Waals surface area contributed by atoms with Gasteiger partial charge in [0.1, 0.15) is 4.90 Å². The Morgan fingerprint density at radius 1 is 1.42 bits per heavy atom. The number of nitrogens with zero attached hydrogens (tertiary/aromatic N) is 2. The monoisotopic (exact) mass is 285 g/mol. The summed E-state index contributed by atoms with van der Waals surface area (Å²) in [5, 5.41) is 4.15. The Balaban J connectivity index is 2.03. The molecule has 0 spiro atoms. The first-order chi connectivity index (χ1) is 9.00. The SMILES string of the molecule is CS(=O)(=O)c1cnn(CC(CN)C2CCCCC2)c1. The zero-order valence-electron chi connectivity index (χ0n) is 11.5. The lowest BCUT2D eigenvalue weighted by Gasteiger charge is -2.29. The van der Waals surface area contributed by atoms with Crippen molar-refractivity contribution >= 4 is 9.84 Å². The number of aromatic nitrogens is 2. The van der Waals surface area contributed by atoms with Crippen LogP contribution in [0.4, 0.5) is 0 Å². The minimum atomic E-state index is -3.16. The Morgan fingerprint density at radius 2 is 2.11 bits per heavy atom. The molecule has 108 valence electrons. The second kappa shape index (κ2) is 6.05. The van der Waals surface area contributed by atoms with Crippen LogP contribution in [0.1, 0.15) is 32.1 Å². The van der Waals surface area contributed by atoms with Crippen molar-refractivity contribution in [3.05, 3.63) is 12.4 Å². The predicted molar refractivity (Wildman–Crippen MR) is 74.5 cm³/mol. The highest BCUT2D eigenvalue weighted by Crippen LogP contribution is 2.30. The van der Waals surface area contributed by atoms with Gasteiger partial charge in [-0.1, -0.05) is 32.1 Å². The summed E-state index contributed by atoms with van der Waals surface area (Å²) in [6.45, 7) is 1.36. The largest absolute Gasteiger partial charge is 0.330 e. The molecule has 1 saturated carbocycles. The first kappa shape index (κ1) is 14.5. The van der Waals surface area contributed by atoms with Gasteiger partial charge in [0.2, 0.25) is 0 Å². The van der Waals surface area contributed by atoms with Crippen molar-refractivity contribution in [3.8, 4) is 0 Å². The van der Waals surface area contributed by atoms with Crippen LogP contribution < -0.4 is 5.73 Å². The fraction of sp³-hybridized carbons (Fsp3) is 0.769. The molecule has 1 aliphatic carbocycles. The standard InChI is InChI=1S/C13H23N3O2S/c1-19(17,18)13-8-15-16(10-13)9-12(7-14)11-5-3-2-4-6-11/h8,10-12H,2-7,9,14H2,1H3. The molecule has 6 heteroatoms. The summed E-state index contributed by atoms with van der Waals surface area (Å²) in [6.07, 6.45) is 10.6. The van der Waals surface area contributed by atoms with Gasteiger partial charge >= 0.3 is 0 Å². The molecule has 0 radical (unpaired) electrons. The van der Waals surface area contributed by atoms with Crippen molar-refractivity contribution in [2.75, 3.05) is 12.8 Å². The first-order valence-electron chi connectivity index (χ1n) is 6.93. The highest BCUT2D eigenvalue weighted by molar-refractivity contribution is 7.90. The van der Waals surface area contributed by atoms with Gasteiger partial charge in [-0.05, 0) is 18.4 Å². The zero-order chi connectivity index (χ0) is 13.9. The van der Waals surface area contributed by atoms with E-state index in [1.165, 1.54) is 44.6 Å². The molecule has 1 unspecified atom stereocenters. The van der Waals surface area contributed by atoms with Gasteiger partial charge in [-0.3, -0.25) is 4.68 Å². The molecule has 0 saturated heterocycles. The maximum Gasteiger partial charge on any atom is 0.178 e. The van der Waals surface area contributed by atoms with E-state index < -0.39 is 9.84 Å². The maximum absolute atomic E-state index is 11.4. The van der Waals surface area contributed by atoms with E-state index >= 15 is 0 Å². The van der Waals surface area contributed by atoms with Crippen molar-refractivity contribution in [1.29, 1.82) is 0 Å². The highest BCUT2D eigenvalue weighted by atomic mass is 32.2. The molecule has 0 bridgehead atoms. The van der Waals surface area contributed by atoms with Gasteiger partial charge < -0.3 is 5.73 Å². The van der Waals surface area contributed by atoms with E-state index in [1.54, 1.807) is 10.9 Å². The summed E-state index contributed by atoms with van der Waals surface area (Å²) >= 11 is 0. The number of hydrogen-bond donors (Lipinski definition) is 1. The average molecular weight is 285 g/mol. The van der Waals surface area contributed by atoms with E-state index in [1.807, 2.05) is 0 Å². The third kappa shape index (κ3) is 3.79. The van der Waals surface area contributed by atoms with Crippen LogP contribution in [0.15, 0.2) is 17.3 Å². The number of rotatable bonds is 5. The van der Waals surface area contributed by atoms with Gasteiger partial charge in [-0.25, -0.2) is 8.42 Å². The maximum atomic E-state index is 11.4. The molecule has 0 amide bonds. The Labute approximate surface area is 115 Å².